The summed E-state index contributed by atoms with van der Waals surface area (Å²) in [7, 11) is -1.12. The number of unbranched alkanes of at least 4 members (excludes halogenated alkanes) is 1. The topological polar surface area (TPSA) is 0 Å². The van der Waals surface area contributed by atoms with Gasteiger partial charge in [-0.25, -0.2) is 0 Å². The molecule has 136 valence electrons. The summed E-state index contributed by atoms with van der Waals surface area (Å²) in [6, 6.07) is 0. The molecule has 0 atom stereocenters. The first-order valence-electron chi connectivity index (χ1n) is 9.38. The molecule has 0 aliphatic rings. The first-order valence-corrected chi connectivity index (χ1v) is 15.9. The normalized spacial score (nSPS) is 10.7. The fourth-order valence-corrected chi connectivity index (χ4v) is 3.96. The molecular formula is C22H41AlSi. The lowest BCUT2D eigenvalue weighted by molar-refractivity contribution is 0.969. The van der Waals surface area contributed by atoms with Crippen molar-refractivity contribution >= 4 is 22.2 Å². The second kappa shape index (κ2) is 14.8. The van der Waals surface area contributed by atoms with E-state index in [1.54, 1.807) is 5.57 Å². The van der Waals surface area contributed by atoms with Crippen molar-refractivity contribution in [3.8, 4) is 11.5 Å². The van der Waals surface area contributed by atoms with Gasteiger partial charge >= 0.3 is 0 Å². The Balaban J connectivity index is 0. The smallest absolute Gasteiger partial charge is 0.146 e. The van der Waals surface area contributed by atoms with E-state index in [1.165, 1.54) is 24.0 Å². The Morgan fingerprint density at radius 3 is 1.79 bits per heavy atom. The molecule has 0 aliphatic carbocycles. The Bertz CT molecular complexity index is 468. The van der Waals surface area contributed by atoms with E-state index in [9.17, 15) is 0 Å². The highest BCUT2D eigenvalue weighted by Crippen LogP contribution is 2.07. The third-order valence-corrected chi connectivity index (χ3v) is 5.16. The monoisotopic (exact) mass is 360 g/mol. The van der Waals surface area contributed by atoms with Gasteiger partial charge in [0.05, 0.1) is 0 Å². The summed E-state index contributed by atoms with van der Waals surface area (Å²) in [6.07, 6.45) is 9.16. The Labute approximate surface area is 158 Å². The highest BCUT2D eigenvalue weighted by Gasteiger charge is 2.06. The summed E-state index contributed by atoms with van der Waals surface area (Å²) in [5.74, 6) is 7.98. The van der Waals surface area contributed by atoms with Gasteiger partial charge in [0.25, 0.3) is 14.1 Å². The van der Waals surface area contributed by atoms with Gasteiger partial charge in [-0.2, -0.15) is 0 Å². The molecule has 2 heteroatoms. The summed E-state index contributed by atoms with van der Waals surface area (Å²) >= 11 is -0.478. The quantitative estimate of drug-likeness (QED) is 0.198. The van der Waals surface area contributed by atoms with Crippen LogP contribution in [-0.4, -0.2) is 22.2 Å². The van der Waals surface area contributed by atoms with E-state index < -0.39 is 22.2 Å². The molecule has 0 saturated heterocycles. The summed E-state index contributed by atoms with van der Waals surface area (Å²) in [5.41, 5.74) is 7.76. The van der Waals surface area contributed by atoms with Crippen LogP contribution >= 0.6 is 0 Å². The molecular weight excluding hydrogens is 319 g/mol. The van der Waals surface area contributed by atoms with Crippen molar-refractivity contribution in [3.63, 3.8) is 0 Å². The Morgan fingerprint density at radius 1 is 0.875 bits per heavy atom. The molecule has 0 aromatic carbocycles. The largest absolute Gasteiger partial charge is 0.288 e. The van der Waals surface area contributed by atoms with Gasteiger partial charge in [-0.05, 0) is 53.9 Å². The van der Waals surface area contributed by atoms with Crippen LogP contribution in [0.5, 0.6) is 0 Å². The molecule has 0 nitrogen and oxygen atoms in total. The highest BCUT2D eigenvalue weighted by atomic mass is 28.3. The maximum Gasteiger partial charge on any atom is 0.288 e. The van der Waals surface area contributed by atoms with Crippen LogP contribution in [0, 0.1) is 11.5 Å². The molecule has 0 bridgehead atoms. The number of allylic oxidation sites excluding steroid dienone is 5. The molecule has 0 aromatic rings. The van der Waals surface area contributed by atoms with Gasteiger partial charge in [-0.15, -0.1) is 28.0 Å². The summed E-state index contributed by atoms with van der Waals surface area (Å²) in [6.45, 7) is 17.7. The second-order valence-corrected chi connectivity index (χ2v) is 16.0. The van der Waals surface area contributed by atoms with Crippen molar-refractivity contribution in [1.82, 2.24) is 0 Å². The van der Waals surface area contributed by atoms with Crippen molar-refractivity contribution in [2.24, 2.45) is 0 Å². The fourth-order valence-electron chi connectivity index (χ4n) is 2.00. The molecule has 0 spiro atoms. The third-order valence-electron chi connectivity index (χ3n) is 2.99. The van der Waals surface area contributed by atoms with E-state index in [2.05, 4.69) is 94.4 Å². The van der Waals surface area contributed by atoms with Gasteiger partial charge in [-0.1, -0.05) is 48.5 Å². The first kappa shape index (κ1) is 25.8. The van der Waals surface area contributed by atoms with Gasteiger partial charge in [0.2, 0.25) is 0 Å². The van der Waals surface area contributed by atoms with E-state index in [0.29, 0.717) is 0 Å². The third kappa shape index (κ3) is 26.4. The average molecular weight is 361 g/mol. The Morgan fingerprint density at radius 2 is 1.38 bits per heavy atom. The minimum Gasteiger partial charge on any atom is -0.146 e. The Kier molecular flexibility index (Phi) is 15.9. The van der Waals surface area contributed by atoms with Crippen LogP contribution in [0.1, 0.15) is 60.3 Å². The lowest BCUT2D eigenvalue weighted by Gasteiger charge is -2.02. The van der Waals surface area contributed by atoms with Crippen LogP contribution in [0.15, 0.2) is 33.8 Å². The number of hydrogen-bond acceptors (Lipinski definition) is 0. The second-order valence-electron chi connectivity index (χ2n) is 8.45. The van der Waals surface area contributed by atoms with Crippen molar-refractivity contribution in [3.05, 3.63) is 33.8 Å². The minimum absolute atomic E-state index is 0.478. The molecule has 0 unspecified atom stereocenters. The van der Waals surface area contributed by atoms with Crippen molar-refractivity contribution in [2.45, 2.75) is 91.5 Å². The van der Waals surface area contributed by atoms with E-state index >= 15 is 0 Å². The molecule has 0 saturated carbocycles. The molecule has 0 aromatic heterocycles. The van der Waals surface area contributed by atoms with Crippen LogP contribution < -0.4 is 0 Å². The molecule has 0 amide bonds. The van der Waals surface area contributed by atoms with Crippen LogP contribution in [0.25, 0.3) is 0 Å². The highest BCUT2D eigenvalue weighted by molar-refractivity contribution is 6.83. The van der Waals surface area contributed by atoms with E-state index in [-0.39, 0.29) is 0 Å². The van der Waals surface area contributed by atoms with Gasteiger partial charge in [0.15, 0.2) is 0 Å². The molecule has 24 heavy (non-hydrogen) atoms. The van der Waals surface area contributed by atoms with E-state index in [4.69, 9.17) is 0 Å². The standard InChI is InChI=1S/C11H20Si.C9H15.2CH3.Al/c1-11(2)9-7-6-8-10-12(3,4)5;1-8(2)6-5-7-9(3)4;;;/h9H,6-7H2,1-5H3;1,7H,5-6H2,2-4H3;2*1H3;. The zero-order chi connectivity index (χ0) is 19.2. The number of rotatable bonds is 6. The van der Waals surface area contributed by atoms with E-state index in [0.717, 1.165) is 12.8 Å². The van der Waals surface area contributed by atoms with Crippen LogP contribution in [-0.2, 0) is 0 Å². The molecule has 0 aliphatic heterocycles. The van der Waals surface area contributed by atoms with Gasteiger partial charge < -0.3 is 0 Å². The van der Waals surface area contributed by atoms with Gasteiger partial charge in [0.1, 0.15) is 8.07 Å². The van der Waals surface area contributed by atoms with Crippen LogP contribution in [0.4, 0.5) is 0 Å². The number of hydrogen-bond donors (Lipinski definition) is 0. The minimum atomic E-state index is -1.12. The van der Waals surface area contributed by atoms with Crippen molar-refractivity contribution in [2.75, 3.05) is 0 Å². The zero-order valence-electron chi connectivity index (χ0n) is 18.1. The molecule has 0 rings (SSSR count). The zero-order valence-corrected chi connectivity index (χ0v) is 20.3. The summed E-state index contributed by atoms with van der Waals surface area (Å²) < 4.78 is 0. The summed E-state index contributed by atoms with van der Waals surface area (Å²) in [4.78, 5) is 2.48. The lowest BCUT2D eigenvalue weighted by atomic mass is 10.1. The van der Waals surface area contributed by atoms with Crippen LogP contribution in [0.2, 0.25) is 31.2 Å². The predicted molar refractivity (Wildman–Crippen MR) is 120 cm³/mol. The maximum absolute atomic E-state index is 3.36. The van der Waals surface area contributed by atoms with Gasteiger partial charge in [-0.3, -0.25) is 0 Å². The van der Waals surface area contributed by atoms with Crippen molar-refractivity contribution < 1.29 is 0 Å². The Hall–Kier alpha value is -0.471. The van der Waals surface area contributed by atoms with Gasteiger partial charge in [0, 0.05) is 6.42 Å². The predicted octanol–water partition coefficient (Wildman–Crippen LogP) is 7.59. The molecule has 0 heterocycles. The average Bonchev–Trinajstić information content (AvgIpc) is 2.35. The lowest BCUT2D eigenvalue weighted by Crippen LogP contribution is -2.16. The summed E-state index contributed by atoms with van der Waals surface area (Å²) in [5, 5.41) is 0. The van der Waals surface area contributed by atoms with E-state index in [1.807, 2.05) is 0 Å². The maximum atomic E-state index is 3.36. The molecule has 0 radical (unpaired) electrons. The van der Waals surface area contributed by atoms with Crippen molar-refractivity contribution in [1.29, 1.82) is 0 Å². The fraction of sp³-hybridized carbons (Fsp3) is 0.636. The van der Waals surface area contributed by atoms with Crippen LogP contribution in [0.3, 0.4) is 0 Å². The SMILES string of the molecule is CC(C)=CCC/C(C)=[CH]/[Al]([CH3])[CH3].CC(C)=CCCC#C[Si](C)(C)C. The molecule has 0 N–H and O–H groups in total. The first-order chi connectivity index (χ1) is 10.9. The molecule has 0 fully saturated rings.